The smallest absolute Gasteiger partial charge is 0.756 e. The largest absolute Gasteiger partial charge is 1.00 e. The summed E-state index contributed by atoms with van der Waals surface area (Å²) in [5.41, 5.74) is 0. The number of carbonyl (C=O) groups is 2. The molecule has 0 fully saturated rings. The molecule has 3 atom stereocenters. The molecule has 0 spiro atoms. The average Bonchev–Trinajstić information content (AvgIpc) is 2.68. The van der Waals surface area contributed by atoms with Crippen LogP contribution in [0.3, 0.4) is 0 Å². The van der Waals surface area contributed by atoms with E-state index in [1.165, 1.54) is 0 Å². The van der Waals surface area contributed by atoms with Gasteiger partial charge in [-0.25, -0.2) is 4.31 Å². The molecule has 0 saturated carbocycles. The molecule has 2 unspecified atom stereocenters. The maximum absolute atomic E-state index is 12.0. The van der Waals surface area contributed by atoms with E-state index in [-0.39, 0.29) is 72.0 Å². The van der Waals surface area contributed by atoms with Gasteiger partial charge >= 0.3 is 71.1 Å². The molecule has 0 aliphatic carbocycles. The summed E-state index contributed by atoms with van der Waals surface area (Å²) in [6, 6.07) is 0. The van der Waals surface area contributed by atoms with E-state index in [1.54, 1.807) is 0 Å². The first kappa shape index (κ1) is 39.7. The first-order valence-corrected chi connectivity index (χ1v) is 14.0. The van der Waals surface area contributed by atoms with Crippen LogP contribution in [0.1, 0.15) is 90.9 Å². The fourth-order valence-corrected chi connectivity index (χ4v) is 4.24. The molecule has 0 aliphatic heterocycles. The molecule has 0 aliphatic rings. The Labute approximate surface area is 246 Å². The van der Waals surface area contributed by atoms with Gasteiger partial charge in [0.2, 0.25) is 0 Å². The van der Waals surface area contributed by atoms with Crippen molar-refractivity contribution >= 4 is 27.6 Å². The predicted octanol–water partition coefficient (Wildman–Crippen LogP) is -2.87. The van der Waals surface area contributed by atoms with Gasteiger partial charge in [-0.3, -0.25) is 18.7 Å². The van der Waals surface area contributed by atoms with Crippen molar-refractivity contribution in [2.45, 2.75) is 97.0 Å². The molecule has 1 N–H and O–H groups in total. The van der Waals surface area contributed by atoms with E-state index in [1.807, 2.05) is 0 Å². The van der Waals surface area contributed by atoms with Gasteiger partial charge in [0.1, 0.15) is 6.61 Å². The number of phosphoric ester groups is 1. The third-order valence-electron chi connectivity index (χ3n) is 4.32. The number of hydrogen-bond donors (Lipinski definition) is 1. The Morgan fingerprint density at radius 3 is 1.74 bits per heavy atom. The summed E-state index contributed by atoms with van der Waals surface area (Å²) >= 11 is 0. The Bertz CT molecular complexity index is 631. The molecule has 15 heteroatoms. The van der Waals surface area contributed by atoms with Crippen molar-refractivity contribution in [1.82, 2.24) is 0 Å². The Hall–Kier alpha value is 1.20. The van der Waals surface area contributed by atoms with E-state index < -0.39 is 46.9 Å². The molecule has 0 rings (SSSR count). The van der Waals surface area contributed by atoms with Crippen LogP contribution in [0.2, 0.25) is 0 Å². The molecule has 0 aromatic heterocycles. The molecular weight excluding hydrogens is 512 g/mol. The summed E-state index contributed by atoms with van der Waals surface area (Å²) < 4.78 is 40.1. The quantitative estimate of drug-likeness (QED) is 0.0718. The van der Waals surface area contributed by atoms with Crippen LogP contribution in [0, 0.1) is 0 Å². The summed E-state index contributed by atoms with van der Waals surface area (Å²) in [7, 11) is -11.0. The predicted molar refractivity (Wildman–Crippen MR) is 112 cm³/mol. The molecule has 0 heterocycles. The fourth-order valence-electron chi connectivity index (χ4n) is 2.69. The molecule has 0 aromatic carbocycles. The Morgan fingerprint density at radius 1 is 0.794 bits per heavy atom. The molecule has 0 radical (unpaired) electrons. The van der Waals surface area contributed by atoms with Crippen molar-refractivity contribution in [1.29, 1.82) is 0 Å². The van der Waals surface area contributed by atoms with Crippen molar-refractivity contribution in [2.24, 2.45) is 0 Å². The molecular formula is C19H36Na2O11P2. The van der Waals surface area contributed by atoms with Gasteiger partial charge in [0.05, 0.1) is 6.61 Å². The van der Waals surface area contributed by atoms with Gasteiger partial charge in [-0.2, -0.15) is 0 Å². The van der Waals surface area contributed by atoms with E-state index in [0.717, 1.165) is 51.4 Å². The van der Waals surface area contributed by atoms with Crippen LogP contribution in [0.5, 0.6) is 0 Å². The summed E-state index contributed by atoms with van der Waals surface area (Å²) in [4.78, 5) is 54.5. The summed E-state index contributed by atoms with van der Waals surface area (Å²) in [6.07, 6.45) is 8.09. The van der Waals surface area contributed by atoms with Gasteiger partial charge in [0.15, 0.2) is 6.10 Å². The summed E-state index contributed by atoms with van der Waals surface area (Å²) in [5, 5.41) is 0. The van der Waals surface area contributed by atoms with Crippen LogP contribution in [0.4, 0.5) is 0 Å². The maximum Gasteiger partial charge on any atom is 1.00 e. The topological polar surface area (TPSA) is 172 Å². The van der Waals surface area contributed by atoms with Crippen LogP contribution in [-0.4, -0.2) is 36.1 Å². The Kier molecular flexibility index (Phi) is 27.2. The SMILES string of the molecule is CCCCCCCC(=O)OC[C@H](COP(=O)([O-])OP(=O)([O-])O)OC(=O)CCCCCCC.[Na+].[Na+]. The van der Waals surface area contributed by atoms with Gasteiger partial charge in [-0.15, -0.1) is 0 Å². The number of esters is 2. The standard InChI is InChI=1S/C19H38O11P2.2Na/c1-3-5-7-9-11-13-18(20)27-15-17(16-28-32(25,26)30-31(22,23)24)29-19(21)14-12-10-8-6-4-2;;/h17H,3-16H2,1-2H3,(H,25,26)(H2,22,23,24);;/q;2*+1/p-2/t17-;;/m1../s1. The first-order chi connectivity index (χ1) is 15.0. The first-order valence-electron chi connectivity index (χ1n) is 11.0. The molecule has 11 nitrogen and oxygen atoms in total. The number of phosphoric acid groups is 2. The van der Waals surface area contributed by atoms with E-state index in [0.29, 0.717) is 12.8 Å². The van der Waals surface area contributed by atoms with Gasteiger partial charge < -0.3 is 28.7 Å². The Morgan fingerprint density at radius 2 is 1.26 bits per heavy atom. The minimum atomic E-state index is -5.59. The monoisotopic (exact) mass is 548 g/mol. The van der Waals surface area contributed by atoms with Crippen LogP contribution < -0.4 is 68.9 Å². The van der Waals surface area contributed by atoms with Crippen molar-refractivity contribution in [3.8, 4) is 0 Å². The molecule has 0 amide bonds. The van der Waals surface area contributed by atoms with Crippen LogP contribution in [-0.2, 0) is 37.0 Å². The molecule has 0 saturated heterocycles. The van der Waals surface area contributed by atoms with E-state index >= 15 is 0 Å². The number of rotatable bonds is 20. The zero-order valence-corrected chi connectivity index (χ0v) is 26.7. The number of carbonyl (C=O) groups excluding carboxylic acids is 2. The number of hydrogen-bond acceptors (Lipinski definition) is 10. The van der Waals surface area contributed by atoms with Crippen LogP contribution in [0.25, 0.3) is 0 Å². The zero-order chi connectivity index (χ0) is 24.5. The van der Waals surface area contributed by atoms with Crippen LogP contribution >= 0.6 is 15.6 Å². The summed E-state index contributed by atoms with van der Waals surface area (Å²) in [6.45, 7) is 2.83. The van der Waals surface area contributed by atoms with Gasteiger partial charge in [0.25, 0.3) is 15.6 Å². The number of ether oxygens (including phenoxy) is 2. The normalized spacial score (nSPS) is 15.1. The van der Waals surface area contributed by atoms with Crippen molar-refractivity contribution in [3.05, 3.63) is 0 Å². The fraction of sp³-hybridized carbons (Fsp3) is 0.895. The van der Waals surface area contributed by atoms with Crippen molar-refractivity contribution in [3.63, 3.8) is 0 Å². The maximum atomic E-state index is 12.0. The number of unbranched alkanes of at least 4 members (excludes halogenated alkanes) is 8. The van der Waals surface area contributed by atoms with Crippen molar-refractivity contribution in [2.75, 3.05) is 13.2 Å². The van der Waals surface area contributed by atoms with E-state index in [2.05, 4.69) is 22.7 Å². The second-order valence-electron chi connectivity index (χ2n) is 7.42. The molecule has 0 aromatic rings. The van der Waals surface area contributed by atoms with Gasteiger partial charge in [-0.05, 0) is 12.8 Å². The third kappa shape index (κ3) is 26.3. The summed E-state index contributed by atoms with van der Waals surface area (Å²) in [5.74, 6) is -1.17. The van der Waals surface area contributed by atoms with Gasteiger partial charge in [0, 0.05) is 12.8 Å². The second kappa shape index (κ2) is 23.3. The van der Waals surface area contributed by atoms with Crippen molar-refractivity contribution < 1.29 is 111 Å². The molecule has 0 bridgehead atoms. The van der Waals surface area contributed by atoms with Crippen LogP contribution in [0.15, 0.2) is 0 Å². The minimum Gasteiger partial charge on any atom is -0.756 e. The van der Waals surface area contributed by atoms with Gasteiger partial charge in [-0.1, -0.05) is 65.2 Å². The Balaban J connectivity index is -0.00000480. The zero-order valence-electron chi connectivity index (χ0n) is 20.9. The minimum absolute atomic E-state index is 0. The average molecular weight is 548 g/mol. The molecule has 190 valence electrons. The van der Waals surface area contributed by atoms with E-state index in [4.69, 9.17) is 14.4 Å². The molecule has 34 heavy (non-hydrogen) atoms. The van der Waals surface area contributed by atoms with E-state index in [9.17, 15) is 28.5 Å². The third-order valence-corrected chi connectivity index (χ3v) is 6.41. The second-order valence-corrected chi connectivity index (χ2v) is 10.2.